The van der Waals surface area contributed by atoms with Crippen LogP contribution in [0, 0.1) is 5.92 Å². The molecule has 0 radical (unpaired) electrons. The summed E-state index contributed by atoms with van der Waals surface area (Å²) in [7, 11) is 0. The third-order valence-electron chi connectivity index (χ3n) is 5.88. The second-order valence-electron chi connectivity index (χ2n) is 7.39. The fourth-order valence-corrected chi connectivity index (χ4v) is 5.15. The number of hydrogen-bond donors (Lipinski definition) is 1. The third kappa shape index (κ3) is 3.41. The molecule has 2 saturated heterocycles. The van der Waals surface area contributed by atoms with Crippen molar-refractivity contribution in [2.45, 2.75) is 38.0 Å². The number of hydrogen-bond acceptors (Lipinski definition) is 5. The second-order valence-corrected chi connectivity index (χ2v) is 8.11. The van der Waals surface area contributed by atoms with Crippen molar-refractivity contribution in [3.05, 3.63) is 52.5 Å². The number of carbonyl (C=O) groups is 1. The van der Waals surface area contributed by atoms with E-state index in [9.17, 15) is 9.90 Å². The summed E-state index contributed by atoms with van der Waals surface area (Å²) in [4.78, 5) is 20.8. The lowest BCUT2D eigenvalue weighted by atomic mass is 9.81. The SMILES string of the molecule is CC(=O)N1CC[C@@H](O)[C@@H]2[C@@H](C1)N(Cc1cscn1)C[C@H]2c1ccccc1. The number of amides is 1. The molecule has 3 heterocycles. The van der Waals surface area contributed by atoms with Crippen LogP contribution >= 0.6 is 11.3 Å². The van der Waals surface area contributed by atoms with Crippen LogP contribution in [0.1, 0.15) is 30.5 Å². The average Bonchev–Trinajstić information content (AvgIpc) is 3.23. The van der Waals surface area contributed by atoms with Crippen molar-refractivity contribution in [2.75, 3.05) is 19.6 Å². The largest absolute Gasteiger partial charge is 0.393 e. The van der Waals surface area contributed by atoms with Gasteiger partial charge in [0.1, 0.15) is 0 Å². The number of likely N-dealkylation sites (tertiary alicyclic amines) is 2. The lowest BCUT2D eigenvalue weighted by Gasteiger charge is -2.31. The Labute approximate surface area is 158 Å². The van der Waals surface area contributed by atoms with E-state index < -0.39 is 6.10 Å². The van der Waals surface area contributed by atoms with Crippen LogP contribution in [0.4, 0.5) is 0 Å². The molecular weight excluding hydrogens is 346 g/mol. The van der Waals surface area contributed by atoms with Crippen LogP contribution in [-0.4, -0.2) is 57.6 Å². The Balaban J connectivity index is 1.67. The minimum atomic E-state index is -0.394. The zero-order valence-corrected chi connectivity index (χ0v) is 15.8. The molecule has 1 aromatic heterocycles. The van der Waals surface area contributed by atoms with Gasteiger partial charge < -0.3 is 10.0 Å². The molecule has 0 spiro atoms. The van der Waals surface area contributed by atoms with Crippen molar-refractivity contribution in [1.29, 1.82) is 0 Å². The van der Waals surface area contributed by atoms with E-state index in [-0.39, 0.29) is 23.8 Å². The van der Waals surface area contributed by atoms with E-state index in [1.165, 1.54) is 5.56 Å². The highest BCUT2D eigenvalue weighted by Gasteiger charge is 2.48. The Morgan fingerprint density at radius 1 is 1.31 bits per heavy atom. The lowest BCUT2D eigenvalue weighted by molar-refractivity contribution is -0.129. The molecule has 4 rings (SSSR count). The van der Waals surface area contributed by atoms with Gasteiger partial charge in [-0.05, 0) is 12.0 Å². The highest BCUT2D eigenvalue weighted by Crippen LogP contribution is 2.42. The smallest absolute Gasteiger partial charge is 0.219 e. The summed E-state index contributed by atoms with van der Waals surface area (Å²) in [5.74, 6) is 0.511. The summed E-state index contributed by atoms with van der Waals surface area (Å²) < 4.78 is 0. The molecule has 1 amide bonds. The van der Waals surface area contributed by atoms with E-state index >= 15 is 0 Å². The van der Waals surface area contributed by atoms with Gasteiger partial charge in [-0.2, -0.15) is 0 Å². The number of aliphatic hydroxyl groups excluding tert-OH is 1. The van der Waals surface area contributed by atoms with Gasteiger partial charge in [0, 0.05) is 56.4 Å². The first-order valence-electron chi connectivity index (χ1n) is 9.23. The van der Waals surface area contributed by atoms with E-state index in [1.54, 1.807) is 18.3 Å². The van der Waals surface area contributed by atoms with Crippen LogP contribution in [0.15, 0.2) is 41.2 Å². The zero-order valence-electron chi connectivity index (χ0n) is 15.0. The molecule has 1 aromatic carbocycles. The second kappa shape index (κ2) is 7.47. The van der Waals surface area contributed by atoms with Crippen LogP contribution < -0.4 is 0 Å². The van der Waals surface area contributed by atoms with Gasteiger partial charge in [-0.1, -0.05) is 30.3 Å². The molecule has 6 heteroatoms. The van der Waals surface area contributed by atoms with Crippen LogP contribution in [0.3, 0.4) is 0 Å². The number of rotatable bonds is 3. The maximum absolute atomic E-state index is 12.0. The minimum absolute atomic E-state index is 0.0922. The van der Waals surface area contributed by atoms with Crippen molar-refractivity contribution in [1.82, 2.24) is 14.8 Å². The van der Waals surface area contributed by atoms with Gasteiger partial charge in [0.05, 0.1) is 17.3 Å². The zero-order chi connectivity index (χ0) is 18.1. The van der Waals surface area contributed by atoms with Gasteiger partial charge in [0.2, 0.25) is 5.91 Å². The van der Waals surface area contributed by atoms with E-state index in [0.29, 0.717) is 19.5 Å². The predicted molar refractivity (Wildman–Crippen MR) is 102 cm³/mol. The summed E-state index contributed by atoms with van der Waals surface area (Å²) in [5.41, 5.74) is 4.20. The molecule has 4 atom stereocenters. The summed E-state index contributed by atoms with van der Waals surface area (Å²) in [5, 5.41) is 13.0. The molecule has 2 aromatic rings. The average molecular weight is 372 g/mol. The molecule has 2 aliphatic rings. The van der Waals surface area contributed by atoms with Crippen molar-refractivity contribution in [2.24, 2.45) is 5.92 Å². The third-order valence-corrected chi connectivity index (χ3v) is 6.51. The highest BCUT2D eigenvalue weighted by atomic mass is 32.1. The number of fused-ring (bicyclic) bond motifs is 1. The van der Waals surface area contributed by atoms with Gasteiger partial charge in [-0.25, -0.2) is 4.98 Å². The van der Waals surface area contributed by atoms with E-state index in [2.05, 4.69) is 39.5 Å². The first kappa shape index (κ1) is 17.6. The first-order chi connectivity index (χ1) is 12.6. The molecule has 0 saturated carbocycles. The quantitative estimate of drug-likeness (QED) is 0.900. The molecule has 2 fully saturated rings. The monoisotopic (exact) mass is 371 g/mol. The predicted octanol–water partition coefficient (Wildman–Crippen LogP) is 2.34. The summed E-state index contributed by atoms with van der Waals surface area (Å²) in [6.07, 6.45) is 0.254. The molecule has 0 aliphatic carbocycles. The van der Waals surface area contributed by atoms with E-state index in [1.807, 2.05) is 16.5 Å². The Morgan fingerprint density at radius 3 is 2.81 bits per heavy atom. The maximum Gasteiger partial charge on any atom is 0.219 e. The van der Waals surface area contributed by atoms with Gasteiger partial charge in [-0.15, -0.1) is 11.3 Å². The number of aliphatic hydroxyl groups is 1. The number of benzene rings is 1. The Hall–Kier alpha value is -1.76. The van der Waals surface area contributed by atoms with Crippen LogP contribution in [0.5, 0.6) is 0 Å². The standard InChI is InChI=1S/C20H25N3O2S/c1-14(24)22-8-7-19(25)20-17(15-5-3-2-4-6-15)10-23(18(20)11-22)9-16-12-26-13-21-16/h2-6,12-13,17-20,25H,7-11H2,1H3/t17-,18+,19+,20-/m0/s1. The van der Waals surface area contributed by atoms with Crippen LogP contribution in [-0.2, 0) is 11.3 Å². The molecule has 0 bridgehead atoms. The van der Waals surface area contributed by atoms with Crippen LogP contribution in [0.25, 0.3) is 0 Å². The number of nitrogens with zero attached hydrogens (tertiary/aromatic N) is 3. The first-order valence-corrected chi connectivity index (χ1v) is 10.2. The summed E-state index contributed by atoms with van der Waals surface area (Å²) in [6, 6.07) is 10.6. The minimum Gasteiger partial charge on any atom is -0.393 e. The van der Waals surface area contributed by atoms with Crippen molar-refractivity contribution < 1.29 is 9.90 Å². The molecular formula is C20H25N3O2S. The number of aromatic nitrogens is 1. The van der Waals surface area contributed by atoms with Gasteiger partial charge >= 0.3 is 0 Å². The van der Waals surface area contributed by atoms with Crippen molar-refractivity contribution in [3.8, 4) is 0 Å². The molecule has 1 N–H and O–H groups in total. The Morgan fingerprint density at radius 2 is 2.12 bits per heavy atom. The Bertz CT molecular complexity index is 737. The molecule has 2 aliphatic heterocycles. The highest BCUT2D eigenvalue weighted by molar-refractivity contribution is 7.07. The Kier molecular flexibility index (Phi) is 5.07. The van der Waals surface area contributed by atoms with Crippen LogP contribution in [0.2, 0.25) is 0 Å². The van der Waals surface area contributed by atoms with Gasteiger partial charge in [-0.3, -0.25) is 9.69 Å². The normalized spacial score (nSPS) is 29.4. The van der Waals surface area contributed by atoms with Gasteiger partial charge in [0.15, 0.2) is 0 Å². The topological polar surface area (TPSA) is 56.7 Å². The molecule has 26 heavy (non-hydrogen) atoms. The molecule has 5 nitrogen and oxygen atoms in total. The van der Waals surface area contributed by atoms with Crippen molar-refractivity contribution in [3.63, 3.8) is 0 Å². The molecule has 0 unspecified atom stereocenters. The van der Waals surface area contributed by atoms with E-state index in [4.69, 9.17) is 0 Å². The fourth-order valence-electron chi connectivity index (χ4n) is 4.60. The lowest BCUT2D eigenvalue weighted by Crippen LogP contribution is -2.44. The summed E-state index contributed by atoms with van der Waals surface area (Å²) in [6.45, 7) is 4.60. The van der Waals surface area contributed by atoms with Gasteiger partial charge in [0.25, 0.3) is 0 Å². The number of carbonyl (C=O) groups excluding carboxylic acids is 1. The number of thiazole rings is 1. The summed E-state index contributed by atoms with van der Waals surface area (Å²) >= 11 is 1.61. The van der Waals surface area contributed by atoms with E-state index in [0.717, 1.165) is 18.8 Å². The maximum atomic E-state index is 12.0. The molecule has 138 valence electrons. The fraction of sp³-hybridized carbons (Fsp3) is 0.500. The van der Waals surface area contributed by atoms with Crippen molar-refractivity contribution >= 4 is 17.2 Å².